The summed E-state index contributed by atoms with van der Waals surface area (Å²) in [5.41, 5.74) is 2.03. The van der Waals surface area contributed by atoms with E-state index in [0.29, 0.717) is 6.54 Å². The lowest BCUT2D eigenvalue weighted by Gasteiger charge is -2.17. The minimum absolute atomic E-state index is 0.0466. The molecule has 6 nitrogen and oxygen atoms in total. The fourth-order valence-corrected chi connectivity index (χ4v) is 3.55. The molecule has 22 heavy (non-hydrogen) atoms. The van der Waals surface area contributed by atoms with E-state index in [1.54, 1.807) is 4.90 Å². The number of likely N-dealkylation sites (N-methyl/N-ethyl adjacent to an activating group) is 1. The third-order valence-electron chi connectivity index (χ3n) is 3.77. The van der Waals surface area contributed by atoms with Gasteiger partial charge in [0.1, 0.15) is 0 Å². The van der Waals surface area contributed by atoms with Gasteiger partial charge in [-0.3, -0.25) is 4.79 Å². The van der Waals surface area contributed by atoms with Gasteiger partial charge in [0, 0.05) is 31.1 Å². The number of benzene rings is 1. The molecule has 1 unspecified atom stereocenters. The lowest BCUT2D eigenvalue weighted by molar-refractivity contribution is -0.117. The van der Waals surface area contributed by atoms with Crippen LogP contribution >= 0.6 is 0 Å². The summed E-state index contributed by atoms with van der Waals surface area (Å²) < 4.78 is 22.3. The van der Waals surface area contributed by atoms with Gasteiger partial charge in [0.05, 0.1) is 5.75 Å². The number of carbonyl (C=O) groups is 1. The highest BCUT2D eigenvalue weighted by Crippen LogP contribution is 2.26. The lowest BCUT2D eigenvalue weighted by atomic mass is 10.1. The fourth-order valence-electron chi connectivity index (χ4n) is 2.67. The summed E-state index contributed by atoms with van der Waals surface area (Å²) in [7, 11) is 0.519. The summed E-state index contributed by atoms with van der Waals surface area (Å²) in [5, 5.41) is 5.06. The van der Waals surface area contributed by atoms with Crippen molar-refractivity contribution in [3.63, 3.8) is 0 Å². The van der Waals surface area contributed by atoms with Crippen LogP contribution in [0.4, 0.5) is 5.69 Å². The normalized spacial score (nSPS) is 19.2. The van der Waals surface area contributed by atoms with Gasteiger partial charge in [0.2, 0.25) is 15.9 Å². The molecule has 0 bridgehead atoms. The highest BCUT2D eigenvalue weighted by atomic mass is 32.2. The molecule has 1 aromatic rings. The van der Waals surface area contributed by atoms with Crippen LogP contribution in [0.1, 0.15) is 12.0 Å². The molecule has 0 spiro atoms. The van der Waals surface area contributed by atoms with E-state index in [1.807, 2.05) is 38.4 Å². The molecule has 1 aromatic carbocycles. The van der Waals surface area contributed by atoms with E-state index in [2.05, 4.69) is 4.90 Å². The Kier molecular flexibility index (Phi) is 5.20. The molecule has 0 aromatic heterocycles. The Morgan fingerprint density at radius 3 is 2.45 bits per heavy atom. The van der Waals surface area contributed by atoms with Crippen LogP contribution in [-0.2, 0) is 21.2 Å². The van der Waals surface area contributed by atoms with Gasteiger partial charge in [-0.25, -0.2) is 13.6 Å². The molecule has 0 aliphatic carbocycles. The predicted octanol–water partition coefficient (Wildman–Crippen LogP) is 0.432. The molecule has 1 atom stereocenters. The van der Waals surface area contributed by atoms with Crippen molar-refractivity contribution in [3.8, 4) is 0 Å². The summed E-state index contributed by atoms with van der Waals surface area (Å²) in [5.74, 6) is -0.415. The minimum Gasteiger partial charge on any atom is -0.312 e. The molecule has 0 radical (unpaired) electrons. The predicted molar refractivity (Wildman–Crippen MR) is 87.1 cm³/mol. The average Bonchev–Trinajstić information content (AvgIpc) is 2.75. The standard InChI is InChI=1S/C15H23N3O3S/c1-17(2)8-7-12-3-5-14(6-4-12)18-10-13(9-15(18)19)11-22(16,20)21/h3-6,13H,7-11H2,1-2H3,(H2,16,20,21). The van der Waals surface area contributed by atoms with Crippen LogP contribution in [0.3, 0.4) is 0 Å². The summed E-state index contributed by atoms with van der Waals surface area (Å²) >= 11 is 0. The average molecular weight is 325 g/mol. The second kappa shape index (κ2) is 6.76. The van der Waals surface area contributed by atoms with Crippen LogP contribution in [-0.4, -0.2) is 52.2 Å². The molecule has 1 saturated heterocycles. The number of carbonyl (C=O) groups excluding carboxylic acids is 1. The Bertz CT molecular complexity index is 626. The van der Waals surface area contributed by atoms with Crippen molar-refractivity contribution >= 4 is 21.6 Å². The largest absolute Gasteiger partial charge is 0.312 e. The van der Waals surface area contributed by atoms with Crippen molar-refractivity contribution in [2.45, 2.75) is 12.8 Å². The molecule has 2 rings (SSSR count). The van der Waals surface area contributed by atoms with Gasteiger partial charge in [-0.1, -0.05) is 12.1 Å². The molecular weight excluding hydrogens is 302 g/mol. The van der Waals surface area contributed by atoms with E-state index in [9.17, 15) is 13.2 Å². The van der Waals surface area contributed by atoms with Gasteiger partial charge < -0.3 is 9.80 Å². The van der Waals surface area contributed by atoms with Crippen molar-refractivity contribution in [1.29, 1.82) is 0 Å². The molecule has 2 N–H and O–H groups in total. The minimum atomic E-state index is -3.54. The van der Waals surface area contributed by atoms with Gasteiger partial charge in [-0.15, -0.1) is 0 Å². The van der Waals surface area contributed by atoms with E-state index in [-0.39, 0.29) is 24.0 Å². The van der Waals surface area contributed by atoms with E-state index < -0.39 is 10.0 Å². The van der Waals surface area contributed by atoms with Gasteiger partial charge in [-0.2, -0.15) is 0 Å². The van der Waals surface area contributed by atoms with Crippen LogP contribution in [0, 0.1) is 5.92 Å². The molecule has 1 heterocycles. The number of anilines is 1. The summed E-state index contributed by atoms with van der Waals surface area (Å²) in [4.78, 5) is 15.8. The van der Waals surface area contributed by atoms with E-state index >= 15 is 0 Å². The van der Waals surface area contributed by atoms with Crippen LogP contribution in [0.2, 0.25) is 0 Å². The molecule has 7 heteroatoms. The number of amides is 1. The number of rotatable bonds is 6. The maximum atomic E-state index is 12.1. The molecular formula is C15H23N3O3S. The smallest absolute Gasteiger partial charge is 0.227 e. The number of hydrogen-bond donors (Lipinski definition) is 1. The molecule has 1 fully saturated rings. The van der Waals surface area contributed by atoms with Crippen LogP contribution in [0.25, 0.3) is 0 Å². The molecule has 1 aliphatic rings. The number of nitrogens with zero attached hydrogens (tertiary/aromatic N) is 2. The molecule has 1 aliphatic heterocycles. The number of primary sulfonamides is 1. The van der Waals surface area contributed by atoms with Crippen molar-refractivity contribution < 1.29 is 13.2 Å². The topological polar surface area (TPSA) is 83.7 Å². The number of nitrogens with two attached hydrogens (primary N) is 1. The highest BCUT2D eigenvalue weighted by molar-refractivity contribution is 7.89. The van der Waals surface area contributed by atoms with E-state index in [1.165, 1.54) is 5.56 Å². The van der Waals surface area contributed by atoms with Gasteiger partial charge >= 0.3 is 0 Å². The lowest BCUT2D eigenvalue weighted by Crippen LogP contribution is -2.27. The van der Waals surface area contributed by atoms with E-state index in [0.717, 1.165) is 18.7 Å². The fraction of sp³-hybridized carbons (Fsp3) is 0.533. The third kappa shape index (κ3) is 4.79. The molecule has 0 saturated carbocycles. The zero-order valence-electron chi connectivity index (χ0n) is 13.0. The zero-order valence-corrected chi connectivity index (χ0v) is 13.8. The Hall–Kier alpha value is -1.44. The van der Waals surface area contributed by atoms with E-state index in [4.69, 9.17) is 5.14 Å². The Morgan fingerprint density at radius 1 is 1.27 bits per heavy atom. The summed E-state index contributed by atoms with van der Waals surface area (Å²) in [6.45, 7) is 1.38. The SMILES string of the molecule is CN(C)CCc1ccc(N2CC(CS(N)(=O)=O)CC2=O)cc1. The van der Waals surface area contributed by atoms with Crippen LogP contribution in [0.5, 0.6) is 0 Å². The van der Waals surface area contributed by atoms with Gasteiger partial charge in [-0.05, 0) is 38.2 Å². The first kappa shape index (κ1) is 16.9. The third-order valence-corrected chi connectivity index (χ3v) is 4.70. The van der Waals surface area contributed by atoms with Crippen molar-refractivity contribution in [3.05, 3.63) is 29.8 Å². The molecule has 1 amide bonds. The second-order valence-corrected chi connectivity index (χ2v) is 7.78. The summed E-state index contributed by atoms with van der Waals surface area (Å²) in [6, 6.07) is 7.86. The van der Waals surface area contributed by atoms with Crippen LogP contribution in [0.15, 0.2) is 24.3 Å². The van der Waals surface area contributed by atoms with Crippen molar-refractivity contribution in [1.82, 2.24) is 4.90 Å². The quantitative estimate of drug-likeness (QED) is 0.822. The van der Waals surface area contributed by atoms with Gasteiger partial charge in [0.25, 0.3) is 0 Å². The molecule has 122 valence electrons. The Balaban J connectivity index is 2.01. The zero-order chi connectivity index (χ0) is 16.3. The number of hydrogen-bond acceptors (Lipinski definition) is 4. The first-order valence-electron chi connectivity index (χ1n) is 7.29. The summed E-state index contributed by atoms with van der Waals surface area (Å²) in [6.07, 6.45) is 1.19. The van der Waals surface area contributed by atoms with Crippen molar-refractivity contribution in [2.24, 2.45) is 11.1 Å². The Labute approximate surface area is 131 Å². The first-order chi connectivity index (χ1) is 10.2. The Morgan fingerprint density at radius 2 is 1.91 bits per heavy atom. The maximum Gasteiger partial charge on any atom is 0.227 e. The monoisotopic (exact) mass is 325 g/mol. The first-order valence-corrected chi connectivity index (χ1v) is 9.00. The van der Waals surface area contributed by atoms with Crippen LogP contribution < -0.4 is 10.0 Å². The highest BCUT2D eigenvalue weighted by Gasteiger charge is 2.32. The number of sulfonamides is 1. The van der Waals surface area contributed by atoms with Gasteiger partial charge in [0.15, 0.2) is 0 Å². The second-order valence-electron chi connectivity index (χ2n) is 6.12. The van der Waals surface area contributed by atoms with Crippen molar-refractivity contribution in [2.75, 3.05) is 37.8 Å². The maximum absolute atomic E-state index is 12.1.